The minimum Gasteiger partial charge on any atom is -0.394 e. The smallest absolute Gasteiger partial charge is 0.224 e. The Morgan fingerprint density at radius 3 is 2.71 bits per heavy atom. The zero-order chi connectivity index (χ0) is 12.4. The predicted octanol–water partition coefficient (Wildman–Crippen LogP) is 3.25. The molecule has 2 aromatic rings. The van der Waals surface area contributed by atoms with Crippen LogP contribution < -0.4 is 11.1 Å². The highest BCUT2D eigenvalue weighted by Gasteiger charge is 2.05. The molecule has 3 N–H and O–H groups in total. The van der Waals surface area contributed by atoms with Gasteiger partial charge >= 0.3 is 0 Å². The summed E-state index contributed by atoms with van der Waals surface area (Å²) >= 11 is 11.3. The lowest BCUT2D eigenvalue weighted by Gasteiger charge is -2.08. The first-order chi connectivity index (χ1) is 8.04. The van der Waals surface area contributed by atoms with Gasteiger partial charge in [0.2, 0.25) is 5.28 Å². The Morgan fingerprint density at radius 2 is 2.00 bits per heavy atom. The lowest BCUT2D eigenvalue weighted by atomic mass is 10.3. The van der Waals surface area contributed by atoms with Crippen molar-refractivity contribution in [2.24, 2.45) is 0 Å². The van der Waals surface area contributed by atoms with E-state index in [1.807, 2.05) is 0 Å². The fourth-order valence-electron chi connectivity index (χ4n) is 1.23. The Balaban J connectivity index is 2.34. The molecule has 7 heteroatoms. The highest BCUT2D eigenvalue weighted by molar-refractivity contribution is 6.30. The van der Waals surface area contributed by atoms with Crippen LogP contribution in [0.1, 0.15) is 0 Å². The van der Waals surface area contributed by atoms with E-state index < -0.39 is 5.82 Å². The third kappa shape index (κ3) is 2.95. The van der Waals surface area contributed by atoms with Gasteiger partial charge in [-0.05, 0) is 29.8 Å². The van der Waals surface area contributed by atoms with Crippen LogP contribution in [0.4, 0.5) is 21.6 Å². The van der Waals surface area contributed by atoms with Crippen LogP contribution in [0.5, 0.6) is 0 Å². The summed E-state index contributed by atoms with van der Waals surface area (Å²) < 4.78 is 13.1. The molecule has 17 heavy (non-hydrogen) atoms. The summed E-state index contributed by atoms with van der Waals surface area (Å²) in [7, 11) is 0. The Hall–Kier alpha value is -1.59. The minimum absolute atomic E-state index is 0.0456. The third-order valence-corrected chi connectivity index (χ3v) is 2.31. The molecule has 1 aromatic heterocycles. The van der Waals surface area contributed by atoms with E-state index in [0.29, 0.717) is 17.2 Å². The molecule has 1 aromatic carbocycles. The van der Waals surface area contributed by atoms with Gasteiger partial charge in [0.1, 0.15) is 5.82 Å². The molecule has 0 unspecified atom stereocenters. The first-order valence-electron chi connectivity index (χ1n) is 4.56. The van der Waals surface area contributed by atoms with Gasteiger partial charge in [-0.25, -0.2) is 9.37 Å². The highest BCUT2D eigenvalue weighted by Crippen LogP contribution is 2.24. The first kappa shape index (κ1) is 11.9. The molecule has 0 atom stereocenters. The maximum Gasteiger partial charge on any atom is 0.224 e. The summed E-state index contributed by atoms with van der Waals surface area (Å²) in [5.41, 5.74) is 6.37. The summed E-state index contributed by atoms with van der Waals surface area (Å²) in [6.45, 7) is 0. The number of nitrogens with zero attached hydrogens (tertiary/aromatic N) is 2. The average Bonchev–Trinajstić information content (AvgIpc) is 2.22. The van der Waals surface area contributed by atoms with E-state index in [9.17, 15) is 4.39 Å². The van der Waals surface area contributed by atoms with Crippen molar-refractivity contribution in [3.63, 3.8) is 0 Å². The quantitative estimate of drug-likeness (QED) is 0.824. The van der Waals surface area contributed by atoms with Crippen molar-refractivity contribution in [2.45, 2.75) is 0 Å². The second-order valence-corrected chi connectivity index (χ2v) is 4.00. The number of nitrogens with one attached hydrogen (secondary N) is 1. The van der Waals surface area contributed by atoms with E-state index >= 15 is 0 Å². The van der Waals surface area contributed by atoms with Crippen LogP contribution in [-0.4, -0.2) is 9.97 Å². The molecule has 0 aliphatic heterocycles. The van der Waals surface area contributed by atoms with Gasteiger partial charge in [-0.3, -0.25) is 0 Å². The molecule has 88 valence electrons. The maximum atomic E-state index is 13.1. The Kier molecular flexibility index (Phi) is 3.31. The van der Waals surface area contributed by atoms with Crippen LogP contribution in [0, 0.1) is 5.82 Å². The molecule has 0 saturated heterocycles. The predicted molar refractivity (Wildman–Crippen MR) is 66.1 cm³/mol. The molecule has 2 rings (SSSR count). The van der Waals surface area contributed by atoms with Gasteiger partial charge < -0.3 is 11.1 Å². The Morgan fingerprint density at radius 1 is 1.24 bits per heavy atom. The standard InChI is InChI=1S/C10H7Cl2FN4/c11-5-1-6(13)3-7(2-5)16-9-8(14)4-15-10(12)17-9/h1-4H,14H2,(H,15,16,17). The molecule has 0 radical (unpaired) electrons. The second-order valence-electron chi connectivity index (χ2n) is 3.23. The van der Waals surface area contributed by atoms with Gasteiger partial charge in [-0.15, -0.1) is 0 Å². The van der Waals surface area contributed by atoms with Crippen molar-refractivity contribution >= 4 is 40.4 Å². The molecule has 0 fully saturated rings. The fourth-order valence-corrected chi connectivity index (χ4v) is 1.59. The molecule has 0 saturated carbocycles. The van der Waals surface area contributed by atoms with Crippen molar-refractivity contribution < 1.29 is 4.39 Å². The van der Waals surface area contributed by atoms with Crippen LogP contribution in [0.3, 0.4) is 0 Å². The molecule has 0 amide bonds. The zero-order valence-corrected chi connectivity index (χ0v) is 9.93. The van der Waals surface area contributed by atoms with E-state index in [-0.39, 0.29) is 10.3 Å². The molecule has 0 spiro atoms. The Bertz CT molecular complexity index is 542. The topological polar surface area (TPSA) is 63.8 Å². The van der Waals surface area contributed by atoms with Crippen molar-refractivity contribution in [1.29, 1.82) is 0 Å². The van der Waals surface area contributed by atoms with Crippen molar-refractivity contribution in [2.75, 3.05) is 11.1 Å². The maximum absolute atomic E-state index is 13.1. The normalized spacial score (nSPS) is 10.3. The molecule has 4 nitrogen and oxygen atoms in total. The number of benzene rings is 1. The number of rotatable bonds is 2. The van der Waals surface area contributed by atoms with Gasteiger partial charge in [-0.2, -0.15) is 4.98 Å². The van der Waals surface area contributed by atoms with Crippen LogP contribution in [0.25, 0.3) is 0 Å². The molecule has 1 heterocycles. The number of hydrogen-bond acceptors (Lipinski definition) is 4. The van der Waals surface area contributed by atoms with Crippen LogP contribution in [0.2, 0.25) is 10.3 Å². The molecular formula is C10H7Cl2FN4. The number of hydrogen-bond donors (Lipinski definition) is 2. The van der Waals surface area contributed by atoms with E-state index in [4.69, 9.17) is 28.9 Å². The number of nitrogen functional groups attached to an aromatic ring is 1. The van der Waals surface area contributed by atoms with Crippen LogP contribution in [-0.2, 0) is 0 Å². The molecule has 0 bridgehead atoms. The van der Waals surface area contributed by atoms with Gasteiger partial charge in [-0.1, -0.05) is 11.6 Å². The third-order valence-electron chi connectivity index (χ3n) is 1.91. The largest absolute Gasteiger partial charge is 0.394 e. The second kappa shape index (κ2) is 4.73. The lowest BCUT2D eigenvalue weighted by molar-refractivity contribution is 0.628. The van der Waals surface area contributed by atoms with Crippen molar-refractivity contribution in [3.8, 4) is 0 Å². The molecule has 0 aliphatic carbocycles. The summed E-state index contributed by atoms with van der Waals surface area (Å²) in [4.78, 5) is 7.59. The number of aromatic nitrogens is 2. The number of nitrogens with two attached hydrogens (primary N) is 1. The lowest BCUT2D eigenvalue weighted by Crippen LogP contribution is -2.01. The summed E-state index contributed by atoms with van der Waals surface area (Å²) in [6.07, 6.45) is 1.36. The van der Waals surface area contributed by atoms with E-state index in [1.54, 1.807) is 6.07 Å². The van der Waals surface area contributed by atoms with E-state index in [0.717, 1.165) is 0 Å². The van der Waals surface area contributed by atoms with Gasteiger partial charge in [0.05, 0.1) is 11.9 Å². The monoisotopic (exact) mass is 272 g/mol. The average molecular weight is 273 g/mol. The van der Waals surface area contributed by atoms with Gasteiger partial charge in [0.15, 0.2) is 5.82 Å². The van der Waals surface area contributed by atoms with E-state index in [2.05, 4.69) is 15.3 Å². The van der Waals surface area contributed by atoms with Gasteiger partial charge in [0.25, 0.3) is 0 Å². The number of halogens is 3. The first-order valence-corrected chi connectivity index (χ1v) is 5.31. The van der Waals surface area contributed by atoms with Crippen LogP contribution in [0.15, 0.2) is 24.4 Å². The fraction of sp³-hybridized carbons (Fsp3) is 0. The van der Waals surface area contributed by atoms with E-state index in [1.165, 1.54) is 18.3 Å². The minimum atomic E-state index is -0.460. The molecular weight excluding hydrogens is 266 g/mol. The van der Waals surface area contributed by atoms with Crippen molar-refractivity contribution in [3.05, 3.63) is 40.5 Å². The zero-order valence-electron chi connectivity index (χ0n) is 8.42. The summed E-state index contributed by atoms with van der Waals surface area (Å²) in [6, 6.07) is 4.00. The number of anilines is 3. The highest BCUT2D eigenvalue weighted by atomic mass is 35.5. The van der Waals surface area contributed by atoms with Gasteiger partial charge in [0, 0.05) is 10.7 Å². The van der Waals surface area contributed by atoms with Crippen molar-refractivity contribution in [1.82, 2.24) is 9.97 Å². The Labute approximate surface area is 107 Å². The molecule has 0 aliphatic rings. The summed E-state index contributed by atoms with van der Waals surface area (Å²) in [5, 5.41) is 3.12. The van der Waals surface area contributed by atoms with Crippen LogP contribution >= 0.6 is 23.2 Å². The SMILES string of the molecule is Nc1cnc(Cl)nc1Nc1cc(F)cc(Cl)c1. The summed E-state index contributed by atoms with van der Waals surface area (Å²) in [5.74, 6) is -0.162.